The highest BCUT2D eigenvalue weighted by molar-refractivity contribution is 5.96. The van der Waals surface area contributed by atoms with Gasteiger partial charge >= 0.3 is 0 Å². The molecule has 3 atom stereocenters. The minimum Gasteiger partial charge on any atom is -0.338 e. The Morgan fingerprint density at radius 2 is 2.18 bits per heavy atom. The molecule has 2 fully saturated rings. The Labute approximate surface area is 134 Å². The summed E-state index contributed by atoms with van der Waals surface area (Å²) in [6.45, 7) is 3.03. The molecule has 8 heteroatoms. The fraction of sp³-hybridized carbons (Fsp3) is 0.571. The molecule has 1 aliphatic heterocycles. The van der Waals surface area contributed by atoms with Gasteiger partial charge in [-0.25, -0.2) is 0 Å². The molecule has 2 N–H and O–H groups in total. The van der Waals surface area contributed by atoms with Crippen molar-refractivity contribution >= 4 is 24.0 Å². The molecule has 0 radical (unpaired) electrons. The zero-order valence-electron chi connectivity index (χ0n) is 12.3. The van der Waals surface area contributed by atoms with Gasteiger partial charge in [0.1, 0.15) is 6.20 Å². The van der Waals surface area contributed by atoms with E-state index in [0.29, 0.717) is 36.2 Å². The third-order valence-corrected chi connectivity index (χ3v) is 4.71. The lowest BCUT2D eigenvalue weighted by atomic mass is 9.98. The smallest absolute Gasteiger partial charge is 0.288 e. The number of aromatic nitrogens is 1. The van der Waals surface area contributed by atoms with Gasteiger partial charge in [0.2, 0.25) is 0 Å². The number of hydrogen-bond donors (Lipinski definition) is 1. The van der Waals surface area contributed by atoms with Crippen molar-refractivity contribution in [3.8, 4) is 0 Å². The van der Waals surface area contributed by atoms with Crippen LogP contribution < -0.4 is 5.73 Å². The molecule has 0 bridgehead atoms. The van der Waals surface area contributed by atoms with E-state index >= 15 is 0 Å². The number of nitrogens with zero attached hydrogens (tertiary/aromatic N) is 3. The Kier molecular flexibility index (Phi) is 4.67. The fourth-order valence-corrected chi connectivity index (χ4v) is 3.48. The van der Waals surface area contributed by atoms with Gasteiger partial charge in [-0.1, -0.05) is 0 Å². The first-order chi connectivity index (χ1) is 9.97. The van der Waals surface area contributed by atoms with Crippen LogP contribution in [0.15, 0.2) is 12.3 Å². The molecule has 22 heavy (non-hydrogen) atoms. The number of aryl methyl sites for hydroxylation is 1. The SMILES string of the molecule is Cc1ncc([N+](=O)[O-])cc1C(=O)N1CC2CCC(N)C2C1.Cl. The van der Waals surface area contributed by atoms with E-state index in [0.717, 1.165) is 12.8 Å². The van der Waals surface area contributed by atoms with Crippen LogP contribution in [-0.4, -0.2) is 39.8 Å². The van der Waals surface area contributed by atoms with Gasteiger partial charge in [-0.15, -0.1) is 12.4 Å². The van der Waals surface area contributed by atoms with Crippen molar-refractivity contribution < 1.29 is 9.72 Å². The van der Waals surface area contributed by atoms with Crippen LogP contribution in [0.3, 0.4) is 0 Å². The van der Waals surface area contributed by atoms with Crippen LogP contribution >= 0.6 is 12.4 Å². The molecule has 0 spiro atoms. The summed E-state index contributed by atoms with van der Waals surface area (Å²) >= 11 is 0. The lowest BCUT2D eigenvalue weighted by Crippen LogP contribution is -2.33. The highest BCUT2D eigenvalue weighted by atomic mass is 35.5. The fourth-order valence-electron chi connectivity index (χ4n) is 3.48. The molecule has 1 saturated carbocycles. The molecule has 120 valence electrons. The average Bonchev–Trinajstić information content (AvgIpc) is 3.01. The van der Waals surface area contributed by atoms with Crippen molar-refractivity contribution in [3.05, 3.63) is 33.6 Å². The zero-order valence-corrected chi connectivity index (χ0v) is 13.1. The van der Waals surface area contributed by atoms with E-state index in [4.69, 9.17) is 5.73 Å². The molecule has 3 rings (SSSR count). The van der Waals surface area contributed by atoms with Gasteiger partial charge in [0.25, 0.3) is 11.6 Å². The molecular weight excluding hydrogens is 308 g/mol. The van der Waals surface area contributed by atoms with Gasteiger partial charge in [-0.2, -0.15) is 0 Å². The van der Waals surface area contributed by atoms with Crippen LogP contribution in [0.25, 0.3) is 0 Å². The maximum atomic E-state index is 12.6. The number of amides is 1. The van der Waals surface area contributed by atoms with Crippen LogP contribution in [0, 0.1) is 28.9 Å². The van der Waals surface area contributed by atoms with Crippen molar-refractivity contribution in [2.75, 3.05) is 13.1 Å². The minimum atomic E-state index is -0.530. The first-order valence-corrected chi connectivity index (χ1v) is 7.13. The molecule has 1 amide bonds. The van der Waals surface area contributed by atoms with Gasteiger partial charge in [0.15, 0.2) is 0 Å². The summed E-state index contributed by atoms with van der Waals surface area (Å²) in [6, 6.07) is 1.48. The van der Waals surface area contributed by atoms with Gasteiger partial charge in [0.05, 0.1) is 16.2 Å². The predicted octanol–water partition coefficient (Wildman–Crippen LogP) is 1.53. The largest absolute Gasteiger partial charge is 0.338 e. The van der Waals surface area contributed by atoms with E-state index in [1.54, 1.807) is 11.8 Å². The van der Waals surface area contributed by atoms with E-state index in [-0.39, 0.29) is 30.0 Å². The van der Waals surface area contributed by atoms with E-state index in [2.05, 4.69) is 4.98 Å². The lowest BCUT2D eigenvalue weighted by Gasteiger charge is -2.19. The number of nitro groups is 1. The zero-order chi connectivity index (χ0) is 15.1. The second-order valence-electron chi connectivity index (χ2n) is 5.96. The number of halogens is 1. The summed E-state index contributed by atoms with van der Waals surface area (Å²) in [5.74, 6) is 0.655. The monoisotopic (exact) mass is 326 g/mol. The third-order valence-electron chi connectivity index (χ3n) is 4.71. The molecule has 1 aliphatic carbocycles. The van der Waals surface area contributed by atoms with Crippen LogP contribution in [0.4, 0.5) is 5.69 Å². The van der Waals surface area contributed by atoms with Crippen LogP contribution in [-0.2, 0) is 0 Å². The average molecular weight is 327 g/mol. The van der Waals surface area contributed by atoms with E-state index < -0.39 is 4.92 Å². The van der Waals surface area contributed by atoms with Crippen LogP contribution in [0.2, 0.25) is 0 Å². The highest BCUT2D eigenvalue weighted by Crippen LogP contribution is 2.37. The molecule has 3 unspecified atom stereocenters. The first kappa shape index (κ1) is 16.6. The van der Waals surface area contributed by atoms with Gasteiger partial charge in [-0.3, -0.25) is 19.9 Å². The van der Waals surface area contributed by atoms with Gasteiger partial charge in [0, 0.05) is 25.2 Å². The Hall–Kier alpha value is -1.73. The Balaban J connectivity index is 0.00000176. The van der Waals surface area contributed by atoms with Crippen LogP contribution in [0.1, 0.15) is 28.9 Å². The highest BCUT2D eigenvalue weighted by Gasteiger charge is 2.42. The number of fused-ring (bicyclic) bond motifs is 1. The molecule has 2 heterocycles. The molecule has 1 aromatic heterocycles. The molecule has 1 saturated heterocycles. The topological polar surface area (TPSA) is 102 Å². The Morgan fingerprint density at radius 1 is 1.45 bits per heavy atom. The maximum Gasteiger partial charge on any atom is 0.288 e. The normalized spacial score (nSPS) is 26.5. The first-order valence-electron chi connectivity index (χ1n) is 7.13. The predicted molar refractivity (Wildman–Crippen MR) is 83.0 cm³/mol. The van der Waals surface area contributed by atoms with Crippen molar-refractivity contribution in [2.45, 2.75) is 25.8 Å². The summed E-state index contributed by atoms with van der Waals surface area (Å²) in [5, 5.41) is 10.8. The molecule has 2 aliphatic rings. The number of carbonyl (C=O) groups excluding carboxylic acids is 1. The van der Waals surface area contributed by atoms with Crippen LogP contribution in [0.5, 0.6) is 0 Å². The van der Waals surface area contributed by atoms with E-state index in [1.807, 2.05) is 0 Å². The van der Waals surface area contributed by atoms with Crippen molar-refractivity contribution in [2.24, 2.45) is 17.6 Å². The summed E-state index contributed by atoms with van der Waals surface area (Å²) in [6.07, 6.45) is 3.26. The standard InChI is InChI=1S/C14H18N4O3.ClH/c1-8-11(4-10(5-16-8)18(20)21)14(19)17-6-9-2-3-13(15)12(9)7-17;/h4-5,9,12-13H,2-3,6-7,15H2,1H3;1H. The summed E-state index contributed by atoms with van der Waals surface area (Å²) in [5.41, 5.74) is 6.76. The van der Waals surface area contributed by atoms with E-state index in [1.165, 1.54) is 12.3 Å². The van der Waals surface area contributed by atoms with Gasteiger partial charge < -0.3 is 10.6 Å². The number of nitrogens with two attached hydrogens (primary N) is 1. The number of carbonyl (C=O) groups is 1. The second-order valence-corrected chi connectivity index (χ2v) is 5.96. The van der Waals surface area contributed by atoms with E-state index in [9.17, 15) is 14.9 Å². The third kappa shape index (κ3) is 2.78. The summed E-state index contributed by atoms with van der Waals surface area (Å²) in [7, 11) is 0. The van der Waals surface area contributed by atoms with Crippen molar-refractivity contribution in [1.82, 2.24) is 9.88 Å². The number of pyridine rings is 1. The number of hydrogen-bond acceptors (Lipinski definition) is 5. The second kappa shape index (κ2) is 6.18. The lowest BCUT2D eigenvalue weighted by molar-refractivity contribution is -0.385. The molecule has 0 aromatic carbocycles. The quantitative estimate of drug-likeness (QED) is 0.655. The molecule has 7 nitrogen and oxygen atoms in total. The summed E-state index contributed by atoms with van der Waals surface area (Å²) < 4.78 is 0. The summed E-state index contributed by atoms with van der Waals surface area (Å²) in [4.78, 5) is 28.6. The molecular formula is C14H19ClN4O3. The van der Waals surface area contributed by atoms with Crippen molar-refractivity contribution in [3.63, 3.8) is 0 Å². The Morgan fingerprint density at radius 3 is 2.82 bits per heavy atom. The van der Waals surface area contributed by atoms with Gasteiger partial charge in [-0.05, 0) is 31.6 Å². The molecule has 1 aromatic rings. The minimum absolute atomic E-state index is 0. The number of rotatable bonds is 2. The maximum absolute atomic E-state index is 12.6. The number of likely N-dealkylation sites (tertiary alicyclic amines) is 1. The van der Waals surface area contributed by atoms with Crippen molar-refractivity contribution in [1.29, 1.82) is 0 Å². The Bertz CT molecular complexity index is 610.